The van der Waals surface area contributed by atoms with Crippen molar-refractivity contribution in [1.29, 1.82) is 0 Å². The lowest BCUT2D eigenvalue weighted by Crippen LogP contribution is -2.51. The minimum Gasteiger partial charge on any atom is -0.336 e. The molecule has 0 spiro atoms. The summed E-state index contributed by atoms with van der Waals surface area (Å²) in [6.07, 6.45) is 0. The van der Waals surface area contributed by atoms with Crippen LogP contribution in [0, 0.1) is 0 Å². The van der Waals surface area contributed by atoms with E-state index >= 15 is 0 Å². The van der Waals surface area contributed by atoms with E-state index in [2.05, 4.69) is 27.8 Å². The third kappa shape index (κ3) is 3.99. The minimum absolute atomic E-state index is 0.0355. The predicted molar refractivity (Wildman–Crippen MR) is 140 cm³/mol. The maximum absolute atomic E-state index is 13.4. The van der Waals surface area contributed by atoms with Gasteiger partial charge in [0.1, 0.15) is 0 Å². The van der Waals surface area contributed by atoms with Crippen LogP contribution >= 0.6 is 0 Å². The first-order chi connectivity index (χ1) is 17.5. The van der Waals surface area contributed by atoms with E-state index in [1.165, 1.54) is 0 Å². The number of hydrogen-bond donors (Lipinski definition) is 1. The number of amides is 1. The van der Waals surface area contributed by atoms with Gasteiger partial charge in [-0.15, -0.1) is 0 Å². The third-order valence-corrected chi connectivity index (χ3v) is 8.75. The maximum atomic E-state index is 13.4. The number of nitrogens with zero attached hydrogens (tertiary/aromatic N) is 2. The van der Waals surface area contributed by atoms with Crippen LogP contribution in [-0.4, -0.2) is 50.3 Å². The van der Waals surface area contributed by atoms with Gasteiger partial charge in [0.05, 0.1) is 17.0 Å². The van der Waals surface area contributed by atoms with Crippen LogP contribution in [0.2, 0.25) is 0 Å². The first kappa shape index (κ1) is 22.9. The zero-order chi connectivity index (χ0) is 24.7. The highest BCUT2D eigenvalue weighted by Crippen LogP contribution is 2.47. The SMILES string of the molecule is O=C(c1ccccc1)N1CCN([C@@H]2c3cccc4cccc(c34)[C@@H]2NS(=O)(=O)c2ccccc2)CC1. The molecule has 0 unspecified atom stereocenters. The van der Waals surface area contributed by atoms with Crippen molar-refractivity contribution in [2.24, 2.45) is 0 Å². The Labute approximate surface area is 211 Å². The van der Waals surface area contributed by atoms with Crippen molar-refractivity contribution in [3.63, 3.8) is 0 Å². The zero-order valence-electron chi connectivity index (χ0n) is 19.7. The molecule has 0 bridgehead atoms. The van der Waals surface area contributed by atoms with Gasteiger partial charge in [0, 0.05) is 31.7 Å². The fourth-order valence-electron chi connectivity index (χ4n) is 5.59. The molecule has 0 radical (unpaired) electrons. The molecule has 6 rings (SSSR count). The number of nitrogens with one attached hydrogen (secondary N) is 1. The molecule has 0 saturated carbocycles. The topological polar surface area (TPSA) is 69.7 Å². The summed E-state index contributed by atoms with van der Waals surface area (Å²) in [5.41, 5.74) is 2.82. The number of piperazine rings is 1. The summed E-state index contributed by atoms with van der Waals surface area (Å²) in [5, 5.41) is 2.22. The van der Waals surface area contributed by atoms with Gasteiger partial charge in [-0.2, -0.15) is 0 Å². The summed E-state index contributed by atoms with van der Waals surface area (Å²) >= 11 is 0. The van der Waals surface area contributed by atoms with Crippen LogP contribution in [0.1, 0.15) is 33.6 Å². The van der Waals surface area contributed by atoms with Crippen LogP contribution < -0.4 is 4.72 Å². The van der Waals surface area contributed by atoms with Gasteiger partial charge in [0.25, 0.3) is 5.91 Å². The quantitative estimate of drug-likeness (QED) is 0.445. The summed E-state index contributed by atoms with van der Waals surface area (Å²) in [6.45, 7) is 2.51. The highest BCUT2D eigenvalue weighted by molar-refractivity contribution is 7.89. The lowest BCUT2D eigenvalue weighted by Gasteiger charge is -2.40. The second-order valence-electron chi connectivity index (χ2n) is 9.34. The number of rotatable bonds is 5. The van der Waals surface area contributed by atoms with Crippen LogP contribution in [0.3, 0.4) is 0 Å². The van der Waals surface area contributed by atoms with E-state index in [-0.39, 0.29) is 16.8 Å². The van der Waals surface area contributed by atoms with Crippen molar-refractivity contribution < 1.29 is 13.2 Å². The molecule has 2 atom stereocenters. The summed E-state index contributed by atoms with van der Waals surface area (Å²) < 4.78 is 29.8. The Hall–Kier alpha value is -3.52. The van der Waals surface area contributed by atoms with Gasteiger partial charge >= 0.3 is 0 Å². The van der Waals surface area contributed by atoms with Gasteiger partial charge in [0.15, 0.2) is 0 Å². The molecule has 36 heavy (non-hydrogen) atoms. The summed E-state index contributed by atoms with van der Waals surface area (Å²) in [4.78, 5) is 17.4. The molecular formula is C29H27N3O3S. The Balaban J connectivity index is 1.31. The van der Waals surface area contributed by atoms with Crippen LogP contribution in [0.4, 0.5) is 0 Å². The molecule has 7 heteroatoms. The van der Waals surface area contributed by atoms with Gasteiger partial charge in [-0.3, -0.25) is 9.69 Å². The lowest BCUT2D eigenvalue weighted by atomic mass is 10.0. The van der Waals surface area contributed by atoms with Gasteiger partial charge in [0.2, 0.25) is 10.0 Å². The molecule has 1 aliphatic heterocycles. The fraction of sp³-hybridized carbons (Fsp3) is 0.207. The van der Waals surface area contributed by atoms with Crippen LogP contribution in [-0.2, 0) is 10.0 Å². The van der Waals surface area contributed by atoms with E-state index in [1.54, 1.807) is 24.3 Å². The van der Waals surface area contributed by atoms with Crippen LogP contribution in [0.25, 0.3) is 10.8 Å². The van der Waals surface area contributed by atoms with Crippen molar-refractivity contribution in [3.05, 3.63) is 114 Å². The Bertz CT molecular complexity index is 1510. The lowest BCUT2D eigenvalue weighted by molar-refractivity contribution is 0.0539. The number of hydrogen-bond acceptors (Lipinski definition) is 4. The number of carbonyl (C=O) groups excluding carboxylic acids is 1. The molecule has 182 valence electrons. The zero-order valence-corrected chi connectivity index (χ0v) is 20.6. The summed E-state index contributed by atoms with van der Waals surface area (Å²) in [5.74, 6) is 0.0355. The second kappa shape index (κ2) is 9.17. The van der Waals surface area contributed by atoms with Gasteiger partial charge in [-0.1, -0.05) is 72.8 Å². The van der Waals surface area contributed by atoms with E-state index in [9.17, 15) is 13.2 Å². The monoisotopic (exact) mass is 497 g/mol. The molecule has 1 N–H and O–H groups in total. The smallest absolute Gasteiger partial charge is 0.253 e. The highest BCUT2D eigenvalue weighted by Gasteiger charge is 2.41. The van der Waals surface area contributed by atoms with E-state index in [0.29, 0.717) is 31.7 Å². The van der Waals surface area contributed by atoms with Crippen molar-refractivity contribution in [2.75, 3.05) is 26.2 Å². The second-order valence-corrected chi connectivity index (χ2v) is 11.1. The molecule has 1 aliphatic carbocycles. The van der Waals surface area contributed by atoms with Crippen molar-refractivity contribution in [1.82, 2.24) is 14.5 Å². The Kier molecular flexibility index (Phi) is 5.84. The molecule has 2 aliphatic rings. The van der Waals surface area contributed by atoms with E-state index < -0.39 is 16.1 Å². The molecule has 0 aromatic heterocycles. The van der Waals surface area contributed by atoms with E-state index in [0.717, 1.165) is 21.9 Å². The van der Waals surface area contributed by atoms with Gasteiger partial charge in [-0.25, -0.2) is 13.1 Å². The number of carbonyl (C=O) groups is 1. The average Bonchev–Trinajstić information content (AvgIpc) is 3.23. The Morgan fingerprint density at radius 3 is 2.00 bits per heavy atom. The molecule has 6 nitrogen and oxygen atoms in total. The summed E-state index contributed by atoms with van der Waals surface area (Å²) in [7, 11) is -3.73. The Morgan fingerprint density at radius 2 is 1.33 bits per heavy atom. The van der Waals surface area contributed by atoms with Crippen LogP contribution in [0.15, 0.2) is 102 Å². The first-order valence-electron chi connectivity index (χ1n) is 12.2. The van der Waals surface area contributed by atoms with Crippen molar-refractivity contribution >= 4 is 26.7 Å². The molecule has 4 aromatic rings. The maximum Gasteiger partial charge on any atom is 0.253 e. The van der Waals surface area contributed by atoms with Crippen LogP contribution in [0.5, 0.6) is 0 Å². The van der Waals surface area contributed by atoms with Gasteiger partial charge in [-0.05, 0) is 46.2 Å². The molecule has 1 fully saturated rings. The average molecular weight is 498 g/mol. The van der Waals surface area contributed by atoms with Gasteiger partial charge < -0.3 is 4.90 Å². The highest BCUT2D eigenvalue weighted by atomic mass is 32.2. The standard InChI is InChI=1S/C29H27N3O3S/c33-29(22-9-3-1-4-10-22)32-19-17-31(18-20-32)28-25-16-8-12-21-11-7-15-24(26(21)25)27(28)30-36(34,35)23-13-5-2-6-14-23/h1-16,27-28,30H,17-20H2/t27-,28+/m0/s1. The minimum atomic E-state index is -3.73. The summed E-state index contributed by atoms with van der Waals surface area (Å²) in [6, 6.07) is 29.6. The molecule has 4 aromatic carbocycles. The van der Waals surface area contributed by atoms with E-state index in [4.69, 9.17) is 0 Å². The van der Waals surface area contributed by atoms with E-state index in [1.807, 2.05) is 59.5 Å². The molecule has 1 heterocycles. The van der Waals surface area contributed by atoms with Crippen molar-refractivity contribution in [3.8, 4) is 0 Å². The molecular weight excluding hydrogens is 470 g/mol. The molecule has 1 saturated heterocycles. The number of benzene rings is 4. The first-order valence-corrected chi connectivity index (χ1v) is 13.7. The largest absolute Gasteiger partial charge is 0.336 e. The normalized spacial score (nSPS) is 20.1. The third-order valence-electron chi connectivity index (χ3n) is 7.29. The van der Waals surface area contributed by atoms with Crippen molar-refractivity contribution in [2.45, 2.75) is 17.0 Å². The predicted octanol–water partition coefficient (Wildman–Crippen LogP) is 4.37. The fourth-order valence-corrected chi connectivity index (χ4v) is 6.83. The molecule has 1 amide bonds. The Morgan fingerprint density at radius 1 is 0.722 bits per heavy atom. The number of sulfonamides is 1.